The lowest BCUT2D eigenvalue weighted by atomic mass is 10.1. The number of nitrogens with one attached hydrogen (secondary N) is 1. The zero-order valence-electron chi connectivity index (χ0n) is 7.05. The Morgan fingerprint density at radius 1 is 1.83 bits per heavy atom. The van der Waals surface area contributed by atoms with Gasteiger partial charge in [-0.2, -0.15) is 5.26 Å². The van der Waals surface area contributed by atoms with Crippen LogP contribution in [0, 0.1) is 23.7 Å². The van der Waals surface area contributed by atoms with E-state index >= 15 is 0 Å². The highest BCUT2D eigenvalue weighted by Crippen LogP contribution is 2.01. The van der Waals surface area contributed by atoms with Crippen LogP contribution in [-0.4, -0.2) is 25.2 Å². The number of carbonyl (C=O) groups is 1. The van der Waals surface area contributed by atoms with Gasteiger partial charge in [-0.25, -0.2) is 0 Å². The van der Waals surface area contributed by atoms with Gasteiger partial charge in [-0.05, 0) is 12.8 Å². The maximum absolute atomic E-state index is 10.7. The summed E-state index contributed by atoms with van der Waals surface area (Å²) in [6.45, 7) is 1.64. The Bertz CT molecular complexity index is 249. The topological polar surface area (TPSA) is 62.1 Å². The van der Waals surface area contributed by atoms with Gasteiger partial charge in [-0.15, -0.1) is 6.42 Å². The Labute approximate surface area is 71.5 Å². The Balaban J connectivity index is 4.28. The van der Waals surface area contributed by atoms with E-state index in [0.29, 0.717) is 0 Å². The van der Waals surface area contributed by atoms with E-state index in [1.165, 1.54) is 14.0 Å². The summed E-state index contributed by atoms with van der Waals surface area (Å²) >= 11 is 0. The summed E-state index contributed by atoms with van der Waals surface area (Å²) in [6.07, 6.45) is 4.82. The molecule has 64 valence electrons. The largest absolute Gasteiger partial charge is 0.381 e. The minimum atomic E-state index is -1.04. The van der Waals surface area contributed by atoms with Crippen LogP contribution in [0.5, 0.6) is 0 Å². The first-order valence-electron chi connectivity index (χ1n) is 3.27. The van der Waals surface area contributed by atoms with Crippen LogP contribution in [-0.2, 0) is 9.53 Å². The lowest BCUT2D eigenvalue weighted by molar-refractivity contribution is -0.117. The molecule has 0 spiro atoms. The lowest BCUT2D eigenvalue weighted by Crippen LogP contribution is -2.47. The zero-order valence-corrected chi connectivity index (χ0v) is 7.05. The molecule has 0 aliphatic heterocycles. The van der Waals surface area contributed by atoms with Crippen molar-refractivity contribution >= 4 is 5.91 Å². The van der Waals surface area contributed by atoms with E-state index in [2.05, 4.69) is 5.32 Å². The van der Waals surface area contributed by atoms with Crippen molar-refractivity contribution in [1.82, 2.24) is 5.32 Å². The molecule has 0 aliphatic rings. The summed E-state index contributed by atoms with van der Waals surface area (Å²) < 4.78 is 4.74. The van der Waals surface area contributed by atoms with Crippen molar-refractivity contribution in [3.63, 3.8) is 0 Å². The van der Waals surface area contributed by atoms with E-state index in [1.54, 1.807) is 0 Å². The van der Waals surface area contributed by atoms with Crippen molar-refractivity contribution in [2.75, 3.05) is 13.7 Å². The second kappa shape index (κ2) is 4.38. The van der Waals surface area contributed by atoms with Gasteiger partial charge in [0.25, 0.3) is 5.91 Å². The Morgan fingerprint density at radius 2 is 2.42 bits per heavy atom. The minimum absolute atomic E-state index is 0.108. The van der Waals surface area contributed by atoms with Gasteiger partial charge in [0.15, 0.2) is 0 Å². The van der Waals surface area contributed by atoms with Crippen molar-refractivity contribution < 1.29 is 9.53 Å². The van der Waals surface area contributed by atoms with Gasteiger partial charge in [-0.1, -0.05) is 0 Å². The second-order valence-corrected chi connectivity index (χ2v) is 2.48. The van der Waals surface area contributed by atoms with Gasteiger partial charge >= 0.3 is 0 Å². The highest BCUT2D eigenvalue weighted by atomic mass is 16.5. The molecule has 0 fully saturated rings. The molecule has 0 saturated carbocycles. The van der Waals surface area contributed by atoms with Crippen LogP contribution in [0.25, 0.3) is 0 Å². The molecule has 1 N–H and O–H groups in total. The lowest BCUT2D eigenvalue weighted by Gasteiger charge is -2.20. The number of carbonyl (C=O) groups excluding carboxylic acids is 1. The Morgan fingerprint density at radius 3 is 2.75 bits per heavy atom. The summed E-state index contributed by atoms with van der Waals surface area (Å²) in [5, 5.41) is 11.0. The Hall–Kier alpha value is -1.52. The molecule has 0 aromatic rings. The van der Waals surface area contributed by atoms with Gasteiger partial charge in [0, 0.05) is 7.11 Å². The zero-order chi connectivity index (χ0) is 9.61. The van der Waals surface area contributed by atoms with E-state index < -0.39 is 11.4 Å². The van der Waals surface area contributed by atoms with E-state index in [4.69, 9.17) is 16.4 Å². The Kier molecular flexibility index (Phi) is 3.82. The van der Waals surface area contributed by atoms with E-state index in [9.17, 15) is 4.79 Å². The second-order valence-electron chi connectivity index (χ2n) is 2.48. The van der Waals surface area contributed by atoms with Gasteiger partial charge in [-0.3, -0.25) is 4.79 Å². The van der Waals surface area contributed by atoms with Crippen molar-refractivity contribution in [2.24, 2.45) is 0 Å². The number of nitrogens with zero attached hydrogens (tertiary/aromatic N) is 1. The summed E-state index contributed by atoms with van der Waals surface area (Å²) in [5.41, 5.74) is -1.04. The molecule has 0 heterocycles. The molecule has 0 bridgehead atoms. The molecule has 4 heteroatoms. The third-order valence-corrected chi connectivity index (χ3v) is 1.20. The maximum atomic E-state index is 10.7. The van der Waals surface area contributed by atoms with Crippen LogP contribution in [0.3, 0.4) is 0 Å². The van der Waals surface area contributed by atoms with Crippen molar-refractivity contribution in [2.45, 2.75) is 12.5 Å². The number of amides is 1. The molecule has 0 aromatic heterocycles. The summed E-state index contributed by atoms with van der Waals surface area (Å²) in [4.78, 5) is 10.7. The molecule has 1 unspecified atom stereocenters. The van der Waals surface area contributed by atoms with Crippen molar-refractivity contribution in [3.05, 3.63) is 0 Å². The molecule has 4 nitrogen and oxygen atoms in total. The predicted molar refractivity (Wildman–Crippen MR) is 42.9 cm³/mol. The van der Waals surface area contributed by atoms with Crippen LogP contribution in [0.15, 0.2) is 0 Å². The summed E-state index contributed by atoms with van der Waals surface area (Å²) in [6, 6.07) is 1.89. The number of methoxy groups -OCH3 is 1. The molecular weight excluding hydrogens is 156 g/mol. The summed E-state index contributed by atoms with van der Waals surface area (Å²) in [7, 11) is 1.44. The first-order valence-corrected chi connectivity index (χ1v) is 3.27. The molecule has 0 rings (SSSR count). The average Bonchev–Trinajstić information content (AvgIpc) is 2.05. The van der Waals surface area contributed by atoms with Crippen LogP contribution < -0.4 is 5.32 Å². The molecular formula is C8H10N2O2. The normalized spacial score (nSPS) is 13.7. The molecule has 1 atom stereocenters. The van der Waals surface area contributed by atoms with E-state index in [1.807, 2.05) is 12.0 Å². The van der Waals surface area contributed by atoms with Crippen LogP contribution >= 0.6 is 0 Å². The number of hydrogen-bond donors (Lipinski definition) is 1. The molecule has 1 amide bonds. The third-order valence-electron chi connectivity index (χ3n) is 1.20. The van der Waals surface area contributed by atoms with Gasteiger partial charge in [0.2, 0.25) is 0 Å². The van der Waals surface area contributed by atoms with Crippen molar-refractivity contribution in [3.8, 4) is 18.4 Å². The van der Waals surface area contributed by atoms with E-state index in [0.717, 1.165) is 0 Å². The summed E-state index contributed by atoms with van der Waals surface area (Å²) in [5.74, 6) is 1.24. The number of hydrogen-bond acceptors (Lipinski definition) is 3. The number of terminal acetylenes is 1. The van der Waals surface area contributed by atoms with Crippen LogP contribution in [0.1, 0.15) is 6.92 Å². The predicted octanol–water partition coefficient (Wildman–Crippen LogP) is -0.336. The molecule has 0 aromatic carbocycles. The average molecular weight is 166 g/mol. The first kappa shape index (κ1) is 10.5. The van der Waals surface area contributed by atoms with Crippen molar-refractivity contribution in [1.29, 1.82) is 5.26 Å². The SMILES string of the molecule is C#CC(=O)NC(C)(C#N)COC. The standard InChI is InChI=1S/C8H10N2O2/c1-4-7(11)10-8(2,5-9)6-12-3/h1H,6H2,2-3H3,(H,10,11). The number of rotatable bonds is 3. The molecule has 0 saturated heterocycles. The fourth-order valence-electron chi connectivity index (χ4n) is 0.672. The molecule has 0 aliphatic carbocycles. The fraction of sp³-hybridized carbons (Fsp3) is 0.500. The third kappa shape index (κ3) is 3.05. The quantitative estimate of drug-likeness (QED) is 0.584. The maximum Gasteiger partial charge on any atom is 0.296 e. The van der Waals surface area contributed by atoms with Crippen LogP contribution in [0.4, 0.5) is 0 Å². The smallest absolute Gasteiger partial charge is 0.296 e. The molecule has 12 heavy (non-hydrogen) atoms. The van der Waals surface area contributed by atoms with Crippen LogP contribution in [0.2, 0.25) is 0 Å². The highest BCUT2D eigenvalue weighted by molar-refractivity contribution is 5.93. The highest BCUT2D eigenvalue weighted by Gasteiger charge is 2.24. The van der Waals surface area contributed by atoms with E-state index in [-0.39, 0.29) is 6.61 Å². The van der Waals surface area contributed by atoms with Gasteiger partial charge in [0.05, 0.1) is 12.7 Å². The van der Waals surface area contributed by atoms with Gasteiger partial charge < -0.3 is 10.1 Å². The minimum Gasteiger partial charge on any atom is -0.381 e. The first-order chi connectivity index (χ1) is 5.58. The number of ether oxygens (including phenoxy) is 1. The monoisotopic (exact) mass is 166 g/mol. The molecule has 0 radical (unpaired) electrons. The number of nitriles is 1. The van der Waals surface area contributed by atoms with Gasteiger partial charge in [0.1, 0.15) is 5.54 Å². The fourth-order valence-corrected chi connectivity index (χ4v) is 0.672.